The minimum absolute atomic E-state index is 0.343. The molecule has 0 saturated carbocycles. The maximum Gasteiger partial charge on any atom is 0.307 e. The molecule has 1 aliphatic rings. The van der Waals surface area contributed by atoms with Gasteiger partial charge in [0.1, 0.15) is 11.6 Å². The molecule has 5 rings (SSSR count). The number of aliphatic carboxylic acids is 1. The molecule has 0 unspecified atom stereocenters. The lowest BCUT2D eigenvalue weighted by Gasteiger charge is -2.15. The molecule has 0 bridgehead atoms. The van der Waals surface area contributed by atoms with E-state index in [0.29, 0.717) is 53.6 Å². The number of hydrogen-bond donors (Lipinski definition) is 1. The van der Waals surface area contributed by atoms with E-state index in [4.69, 9.17) is 21.0 Å². The first-order valence-corrected chi connectivity index (χ1v) is 11.9. The third kappa shape index (κ3) is 4.29. The highest BCUT2D eigenvalue weighted by Gasteiger charge is 2.28. The number of likely N-dealkylation sites (tertiary alicyclic amines) is 1. The second kappa shape index (κ2) is 9.18. The van der Waals surface area contributed by atoms with Gasteiger partial charge in [-0.1, -0.05) is 41.9 Å². The van der Waals surface area contributed by atoms with Crippen molar-refractivity contribution in [3.63, 3.8) is 0 Å². The van der Waals surface area contributed by atoms with E-state index >= 15 is 0 Å². The van der Waals surface area contributed by atoms with E-state index in [0.717, 1.165) is 33.4 Å². The van der Waals surface area contributed by atoms with Crippen LogP contribution in [0.25, 0.3) is 33.7 Å². The van der Waals surface area contributed by atoms with E-state index in [1.807, 2.05) is 56.3 Å². The van der Waals surface area contributed by atoms with Crippen molar-refractivity contribution in [1.29, 1.82) is 5.26 Å². The van der Waals surface area contributed by atoms with Crippen LogP contribution < -0.4 is 0 Å². The van der Waals surface area contributed by atoms with Gasteiger partial charge in [0.05, 0.1) is 16.5 Å². The Morgan fingerprint density at radius 2 is 1.94 bits per heavy atom. The molecule has 0 spiro atoms. The number of rotatable bonds is 5. The van der Waals surface area contributed by atoms with E-state index < -0.39 is 5.97 Å². The number of halogens is 1. The molecule has 0 amide bonds. The Morgan fingerprint density at radius 1 is 1.20 bits per heavy atom. The van der Waals surface area contributed by atoms with Crippen LogP contribution in [0.3, 0.4) is 0 Å². The van der Waals surface area contributed by atoms with Crippen molar-refractivity contribution in [1.82, 2.24) is 9.88 Å². The summed E-state index contributed by atoms with van der Waals surface area (Å²) in [6.45, 7) is 5.79. The number of nitriles is 1. The van der Waals surface area contributed by atoms with Gasteiger partial charge in [-0.15, -0.1) is 0 Å². The summed E-state index contributed by atoms with van der Waals surface area (Å²) in [5, 5.41) is 19.8. The fraction of sp³-hybridized carbons (Fsp3) is 0.250. The molecular formula is C28H24ClN3O3. The number of oxazole rings is 1. The predicted molar refractivity (Wildman–Crippen MR) is 135 cm³/mol. The number of hydrogen-bond acceptors (Lipinski definition) is 5. The van der Waals surface area contributed by atoms with E-state index in [9.17, 15) is 15.2 Å². The third-order valence-electron chi connectivity index (χ3n) is 6.74. The topological polar surface area (TPSA) is 90.4 Å². The normalized spacial score (nSPS) is 16.0. The molecule has 1 N–H and O–H groups in total. The maximum atomic E-state index is 11.3. The average molecular weight is 486 g/mol. The molecule has 1 aromatic heterocycles. The second-order valence-electron chi connectivity index (χ2n) is 9.10. The third-order valence-corrected chi connectivity index (χ3v) is 7.25. The molecule has 0 radical (unpaired) electrons. The Morgan fingerprint density at radius 3 is 2.69 bits per heavy atom. The van der Waals surface area contributed by atoms with Crippen LogP contribution in [0.15, 0.2) is 52.9 Å². The molecule has 6 nitrogen and oxygen atoms in total. The van der Waals surface area contributed by atoms with Crippen molar-refractivity contribution in [2.24, 2.45) is 5.92 Å². The van der Waals surface area contributed by atoms with Gasteiger partial charge in [-0.25, -0.2) is 4.98 Å². The Hall–Kier alpha value is -3.66. The Kier molecular flexibility index (Phi) is 6.06. The molecule has 2 heterocycles. The first kappa shape index (κ1) is 23.1. The highest BCUT2D eigenvalue weighted by Crippen LogP contribution is 2.37. The van der Waals surface area contributed by atoms with E-state index in [-0.39, 0.29) is 5.92 Å². The lowest BCUT2D eigenvalue weighted by Crippen LogP contribution is -2.22. The first-order chi connectivity index (χ1) is 16.9. The zero-order chi connectivity index (χ0) is 24.7. The fourth-order valence-corrected chi connectivity index (χ4v) is 5.06. The summed E-state index contributed by atoms with van der Waals surface area (Å²) in [6, 6.07) is 17.9. The van der Waals surface area contributed by atoms with Crippen molar-refractivity contribution in [3.8, 4) is 28.7 Å². The first-order valence-electron chi connectivity index (χ1n) is 11.5. The summed E-state index contributed by atoms with van der Waals surface area (Å²) in [7, 11) is 0. The van der Waals surface area contributed by atoms with Gasteiger partial charge in [-0.05, 0) is 67.3 Å². The molecule has 3 aromatic carbocycles. The van der Waals surface area contributed by atoms with Crippen LogP contribution in [0.5, 0.6) is 0 Å². The summed E-state index contributed by atoms with van der Waals surface area (Å²) in [4.78, 5) is 18.1. The predicted octanol–water partition coefficient (Wildman–Crippen LogP) is 6.21. The molecule has 176 valence electrons. The molecule has 0 aliphatic carbocycles. The van der Waals surface area contributed by atoms with Crippen molar-refractivity contribution < 1.29 is 14.3 Å². The van der Waals surface area contributed by atoms with Crippen molar-refractivity contribution >= 4 is 28.7 Å². The van der Waals surface area contributed by atoms with Gasteiger partial charge in [0.25, 0.3) is 0 Å². The summed E-state index contributed by atoms with van der Waals surface area (Å²) in [5.74, 6) is -0.653. The summed E-state index contributed by atoms with van der Waals surface area (Å²) >= 11 is 6.60. The van der Waals surface area contributed by atoms with Crippen LogP contribution in [-0.2, 0) is 11.3 Å². The lowest BCUT2D eigenvalue weighted by atomic mass is 9.95. The van der Waals surface area contributed by atoms with Gasteiger partial charge in [0, 0.05) is 24.2 Å². The van der Waals surface area contributed by atoms with E-state index in [1.54, 1.807) is 6.07 Å². The molecular weight excluding hydrogens is 462 g/mol. The molecule has 7 heteroatoms. The lowest BCUT2D eigenvalue weighted by molar-refractivity contribution is -0.141. The smallest absolute Gasteiger partial charge is 0.307 e. The molecule has 35 heavy (non-hydrogen) atoms. The monoisotopic (exact) mass is 485 g/mol. The van der Waals surface area contributed by atoms with Crippen LogP contribution in [0.4, 0.5) is 0 Å². The van der Waals surface area contributed by atoms with E-state index in [1.165, 1.54) is 0 Å². The van der Waals surface area contributed by atoms with Crippen molar-refractivity contribution in [2.75, 3.05) is 13.1 Å². The van der Waals surface area contributed by atoms with Gasteiger partial charge in [-0.3, -0.25) is 9.69 Å². The molecule has 1 saturated heterocycles. The molecule has 1 fully saturated rings. The van der Waals surface area contributed by atoms with E-state index in [2.05, 4.69) is 11.0 Å². The Bertz CT molecular complexity index is 1500. The Labute approximate surface area is 208 Å². The minimum atomic E-state index is -0.758. The maximum absolute atomic E-state index is 11.3. The molecule has 4 aromatic rings. The van der Waals surface area contributed by atoms with Crippen LogP contribution in [0, 0.1) is 31.1 Å². The quantitative estimate of drug-likeness (QED) is 0.361. The average Bonchev–Trinajstić information content (AvgIpc) is 3.48. The standard InChI is InChI=1S/C28H24ClN3O3/c1-16-5-3-8-23(25(16)29)21-6-4-7-22(17(21)2)27-31-24-12-18(11-20(13-30)26(24)35-27)14-32-10-9-19(15-32)28(33)34/h3-8,11-12,19H,9-10,14-15H2,1-2H3,(H,33,34)/t19-/m1/s1. The SMILES string of the molecule is Cc1cccc(-c2cccc(-c3nc4cc(CN5CC[C@@H](C(=O)O)C5)cc(C#N)c4o3)c2C)c1Cl. The van der Waals surface area contributed by atoms with Gasteiger partial charge in [-0.2, -0.15) is 5.26 Å². The van der Waals surface area contributed by atoms with Crippen LogP contribution in [-0.4, -0.2) is 34.0 Å². The molecule has 1 aliphatic heterocycles. The van der Waals surface area contributed by atoms with Crippen LogP contribution >= 0.6 is 11.6 Å². The number of aryl methyl sites for hydroxylation is 1. The van der Waals surface area contributed by atoms with Crippen LogP contribution in [0.2, 0.25) is 5.02 Å². The number of carbonyl (C=O) groups is 1. The minimum Gasteiger partial charge on any atom is -0.481 e. The van der Waals surface area contributed by atoms with Gasteiger partial charge in [0.15, 0.2) is 5.58 Å². The molecule has 1 atom stereocenters. The zero-order valence-corrected chi connectivity index (χ0v) is 20.3. The number of benzene rings is 3. The fourth-order valence-electron chi connectivity index (χ4n) is 4.83. The highest BCUT2D eigenvalue weighted by atomic mass is 35.5. The van der Waals surface area contributed by atoms with Crippen molar-refractivity contribution in [2.45, 2.75) is 26.8 Å². The number of nitrogens with zero attached hydrogens (tertiary/aromatic N) is 3. The van der Waals surface area contributed by atoms with Crippen molar-refractivity contribution in [3.05, 3.63) is 75.8 Å². The zero-order valence-electron chi connectivity index (χ0n) is 19.5. The second-order valence-corrected chi connectivity index (χ2v) is 9.47. The van der Waals surface area contributed by atoms with Gasteiger partial charge >= 0.3 is 5.97 Å². The van der Waals surface area contributed by atoms with Gasteiger partial charge in [0.2, 0.25) is 5.89 Å². The Balaban J connectivity index is 1.52. The number of aromatic nitrogens is 1. The highest BCUT2D eigenvalue weighted by molar-refractivity contribution is 6.34. The summed E-state index contributed by atoms with van der Waals surface area (Å²) < 4.78 is 6.12. The van der Waals surface area contributed by atoms with Crippen LogP contribution in [0.1, 0.15) is 28.7 Å². The summed E-state index contributed by atoms with van der Waals surface area (Å²) in [6.07, 6.45) is 0.636. The number of carboxylic acid groups (broad SMARTS) is 1. The number of carboxylic acids is 1. The number of fused-ring (bicyclic) bond motifs is 1. The van der Waals surface area contributed by atoms with Gasteiger partial charge < -0.3 is 9.52 Å². The summed E-state index contributed by atoms with van der Waals surface area (Å²) in [5.41, 5.74) is 7.19. The largest absolute Gasteiger partial charge is 0.481 e.